The Kier molecular flexibility index (Phi) is 5.30. The van der Waals surface area contributed by atoms with E-state index in [1.807, 2.05) is 13.0 Å². The van der Waals surface area contributed by atoms with Crippen LogP contribution in [0.4, 0.5) is 5.82 Å². The summed E-state index contributed by atoms with van der Waals surface area (Å²) in [6, 6.07) is 8.65. The minimum absolute atomic E-state index is 0.142. The average Bonchev–Trinajstić information content (AvgIpc) is 2.49. The number of carbonyl (C=O) groups excluding carboxylic acids is 1. The van der Waals surface area contributed by atoms with Crippen LogP contribution in [0.5, 0.6) is 5.75 Å². The predicted molar refractivity (Wildman–Crippen MR) is 90.7 cm³/mol. The number of thiocarbonyl (C=S) groups is 1. The number of hydrogen-bond acceptors (Lipinski definition) is 4. The van der Waals surface area contributed by atoms with Crippen LogP contribution in [0.1, 0.15) is 15.9 Å². The molecule has 0 radical (unpaired) electrons. The van der Waals surface area contributed by atoms with Crippen LogP contribution in [0.25, 0.3) is 0 Å². The van der Waals surface area contributed by atoms with E-state index >= 15 is 0 Å². The van der Waals surface area contributed by atoms with Crippen LogP contribution in [0.2, 0.25) is 5.02 Å². The molecule has 0 bridgehead atoms. The molecule has 1 aromatic carbocycles. The molecule has 1 heterocycles. The molecule has 0 atom stereocenters. The highest BCUT2D eigenvalue weighted by atomic mass is 35.5. The molecule has 2 aromatic rings. The van der Waals surface area contributed by atoms with Gasteiger partial charge in [0.15, 0.2) is 5.11 Å². The molecule has 0 aliphatic heterocycles. The van der Waals surface area contributed by atoms with Crippen molar-refractivity contribution in [1.29, 1.82) is 0 Å². The third-order valence-electron chi connectivity index (χ3n) is 2.86. The van der Waals surface area contributed by atoms with Gasteiger partial charge in [-0.1, -0.05) is 23.7 Å². The molecule has 0 aliphatic rings. The van der Waals surface area contributed by atoms with Crippen molar-refractivity contribution in [2.24, 2.45) is 0 Å². The maximum atomic E-state index is 12.3. The van der Waals surface area contributed by atoms with Crippen LogP contribution in [0, 0.1) is 6.92 Å². The number of methoxy groups -OCH3 is 1. The van der Waals surface area contributed by atoms with Gasteiger partial charge in [0.1, 0.15) is 11.6 Å². The second-order valence-corrected chi connectivity index (χ2v) is 5.27. The van der Waals surface area contributed by atoms with Gasteiger partial charge in [0.05, 0.1) is 17.7 Å². The first-order valence-electron chi connectivity index (χ1n) is 6.38. The van der Waals surface area contributed by atoms with E-state index in [2.05, 4.69) is 15.6 Å². The molecule has 1 amide bonds. The number of nitrogens with one attached hydrogen (secondary N) is 2. The maximum absolute atomic E-state index is 12.3. The summed E-state index contributed by atoms with van der Waals surface area (Å²) in [6.45, 7) is 1.86. The number of pyridine rings is 1. The minimum atomic E-state index is -0.355. The van der Waals surface area contributed by atoms with E-state index in [9.17, 15) is 4.79 Å². The van der Waals surface area contributed by atoms with E-state index in [1.165, 1.54) is 13.3 Å². The molecule has 0 aliphatic carbocycles. The lowest BCUT2D eigenvalue weighted by molar-refractivity contribution is 0.0974. The fraction of sp³-hybridized carbons (Fsp3) is 0.133. The summed E-state index contributed by atoms with van der Waals surface area (Å²) in [7, 11) is 1.52. The van der Waals surface area contributed by atoms with Crippen molar-refractivity contribution in [1.82, 2.24) is 10.3 Å². The molecule has 2 rings (SSSR count). The Balaban J connectivity index is 2.07. The molecule has 0 saturated carbocycles. The van der Waals surface area contributed by atoms with Gasteiger partial charge in [-0.25, -0.2) is 4.98 Å². The van der Waals surface area contributed by atoms with Gasteiger partial charge < -0.3 is 10.1 Å². The maximum Gasteiger partial charge on any atom is 0.261 e. The Morgan fingerprint density at radius 3 is 2.73 bits per heavy atom. The molecule has 2 N–H and O–H groups in total. The number of benzene rings is 1. The third-order valence-corrected chi connectivity index (χ3v) is 3.28. The first-order chi connectivity index (χ1) is 10.5. The summed E-state index contributed by atoms with van der Waals surface area (Å²) in [5.74, 6) is 0.658. The van der Waals surface area contributed by atoms with Crippen LogP contribution < -0.4 is 15.4 Å². The number of aryl methyl sites for hydroxylation is 1. The highest BCUT2D eigenvalue weighted by Gasteiger charge is 2.15. The van der Waals surface area contributed by atoms with Gasteiger partial charge in [0.2, 0.25) is 0 Å². The van der Waals surface area contributed by atoms with Gasteiger partial charge in [0.25, 0.3) is 5.91 Å². The molecular formula is C15H14ClN3O2S. The first kappa shape index (κ1) is 16.2. The van der Waals surface area contributed by atoms with E-state index in [0.717, 1.165) is 5.56 Å². The molecule has 114 valence electrons. The Hall–Kier alpha value is -2.18. The zero-order chi connectivity index (χ0) is 16.1. The molecule has 0 fully saturated rings. The number of para-hydroxylation sites is 1. The molecule has 0 unspecified atom stereocenters. The molecule has 1 aromatic heterocycles. The number of ether oxygens (including phenoxy) is 1. The lowest BCUT2D eigenvalue weighted by Crippen LogP contribution is -2.34. The highest BCUT2D eigenvalue weighted by Crippen LogP contribution is 2.22. The quantitative estimate of drug-likeness (QED) is 0.843. The number of aromatic nitrogens is 1. The number of carbonyl (C=O) groups is 1. The lowest BCUT2D eigenvalue weighted by Gasteiger charge is -2.12. The SMILES string of the molecule is COc1c(C)cccc1C(=O)NC(=S)Nc1ccc(Cl)cn1. The van der Waals surface area contributed by atoms with Gasteiger partial charge in [-0.3, -0.25) is 10.1 Å². The highest BCUT2D eigenvalue weighted by molar-refractivity contribution is 7.80. The van der Waals surface area contributed by atoms with Crippen molar-refractivity contribution in [2.45, 2.75) is 6.92 Å². The molecule has 0 saturated heterocycles. The lowest BCUT2D eigenvalue weighted by atomic mass is 10.1. The Bertz CT molecular complexity index is 704. The van der Waals surface area contributed by atoms with E-state index in [0.29, 0.717) is 22.2 Å². The Morgan fingerprint density at radius 1 is 1.32 bits per heavy atom. The van der Waals surface area contributed by atoms with Crippen molar-refractivity contribution in [3.8, 4) is 5.75 Å². The van der Waals surface area contributed by atoms with E-state index in [4.69, 9.17) is 28.6 Å². The fourth-order valence-corrected chi connectivity index (χ4v) is 2.18. The van der Waals surface area contributed by atoms with Crippen molar-refractivity contribution >= 4 is 40.7 Å². The number of amides is 1. The summed E-state index contributed by atoms with van der Waals surface area (Å²) < 4.78 is 5.26. The molecular weight excluding hydrogens is 322 g/mol. The van der Waals surface area contributed by atoms with Crippen LogP contribution >= 0.6 is 23.8 Å². The first-order valence-corrected chi connectivity index (χ1v) is 7.17. The van der Waals surface area contributed by atoms with Crippen molar-refractivity contribution in [2.75, 3.05) is 12.4 Å². The van der Waals surface area contributed by atoms with E-state index < -0.39 is 0 Å². The standard InChI is InChI=1S/C15H14ClN3O2S/c1-9-4-3-5-11(13(9)21-2)14(20)19-15(22)18-12-7-6-10(16)8-17-12/h3-8H,1-2H3,(H2,17,18,19,20,22). The summed E-state index contributed by atoms with van der Waals surface area (Å²) in [6.07, 6.45) is 1.48. The molecule has 22 heavy (non-hydrogen) atoms. The van der Waals surface area contributed by atoms with Gasteiger partial charge in [-0.05, 0) is 42.9 Å². The average molecular weight is 336 g/mol. The monoisotopic (exact) mass is 335 g/mol. The van der Waals surface area contributed by atoms with E-state index in [1.54, 1.807) is 24.3 Å². The minimum Gasteiger partial charge on any atom is -0.496 e. The number of halogens is 1. The summed E-state index contributed by atoms with van der Waals surface area (Å²) in [5.41, 5.74) is 1.28. The summed E-state index contributed by atoms with van der Waals surface area (Å²) >= 11 is 10.9. The second-order valence-electron chi connectivity index (χ2n) is 4.43. The van der Waals surface area contributed by atoms with Gasteiger partial charge in [-0.2, -0.15) is 0 Å². The van der Waals surface area contributed by atoms with Crippen LogP contribution in [0.3, 0.4) is 0 Å². The number of anilines is 1. The molecule has 0 spiro atoms. The molecule has 5 nitrogen and oxygen atoms in total. The largest absolute Gasteiger partial charge is 0.496 e. The van der Waals surface area contributed by atoms with Crippen LogP contribution in [0.15, 0.2) is 36.5 Å². The molecule has 7 heteroatoms. The van der Waals surface area contributed by atoms with Crippen LogP contribution in [-0.4, -0.2) is 23.1 Å². The number of hydrogen-bond donors (Lipinski definition) is 2. The van der Waals surface area contributed by atoms with E-state index in [-0.39, 0.29) is 11.0 Å². The smallest absolute Gasteiger partial charge is 0.261 e. The Labute approximate surface area is 138 Å². The zero-order valence-electron chi connectivity index (χ0n) is 12.0. The van der Waals surface area contributed by atoms with Crippen molar-refractivity contribution in [3.63, 3.8) is 0 Å². The number of rotatable bonds is 3. The summed E-state index contributed by atoms with van der Waals surface area (Å²) in [4.78, 5) is 16.3. The Morgan fingerprint density at radius 2 is 2.09 bits per heavy atom. The predicted octanol–water partition coefficient (Wildman–Crippen LogP) is 3.18. The normalized spacial score (nSPS) is 9.95. The van der Waals surface area contributed by atoms with Gasteiger partial charge in [0, 0.05) is 6.20 Å². The fourth-order valence-electron chi connectivity index (χ4n) is 1.87. The number of nitrogens with zero attached hydrogens (tertiary/aromatic N) is 1. The zero-order valence-corrected chi connectivity index (χ0v) is 13.6. The van der Waals surface area contributed by atoms with Crippen molar-refractivity contribution in [3.05, 3.63) is 52.7 Å². The summed E-state index contributed by atoms with van der Waals surface area (Å²) in [5, 5.41) is 6.06. The van der Waals surface area contributed by atoms with Gasteiger partial charge >= 0.3 is 0 Å². The van der Waals surface area contributed by atoms with Gasteiger partial charge in [-0.15, -0.1) is 0 Å². The third kappa shape index (κ3) is 3.93. The van der Waals surface area contributed by atoms with Crippen molar-refractivity contribution < 1.29 is 9.53 Å². The second kappa shape index (κ2) is 7.20. The van der Waals surface area contributed by atoms with Crippen LogP contribution in [-0.2, 0) is 0 Å². The topological polar surface area (TPSA) is 63.2 Å².